The maximum Gasteiger partial charge on any atom is 0.269 e. The Kier molecular flexibility index (Phi) is 7.80. The van der Waals surface area contributed by atoms with E-state index in [4.69, 9.17) is 0 Å². The van der Waals surface area contributed by atoms with Crippen LogP contribution in [0.2, 0.25) is 0 Å². The zero-order valence-corrected chi connectivity index (χ0v) is 16.6. The Balaban J connectivity index is 1.57. The summed E-state index contributed by atoms with van der Waals surface area (Å²) in [5, 5.41) is 6.14. The number of carbonyl (C=O) groups excluding carboxylic acids is 2. The number of rotatable bonds is 10. The second-order valence-corrected chi connectivity index (χ2v) is 6.96. The van der Waals surface area contributed by atoms with Crippen LogP contribution in [0, 0.1) is 5.82 Å². The van der Waals surface area contributed by atoms with Crippen LogP contribution in [0.3, 0.4) is 0 Å². The molecule has 0 saturated carbocycles. The van der Waals surface area contributed by atoms with Crippen LogP contribution in [0.15, 0.2) is 79.0 Å². The number of hydrogen-bond acceptors (Lipinski definition) is 4. The van der Waals surface area contributed by atoms with Gasteiger partial charge in [0.15, 0.2) is 5.78 Å². The Hall–Kier alpha value is -3.38. The zero-order valence-electron chi connectivity index (χ0n) is 16.6. The van der Waals surface area contributed by atoms with E-state index in [0.717, 1.165) is 5.56 Å². The standard InChI is InChI=1S/C24H24FN3O2/c25-20-11-9-18(10-12-20)16-21(28-17-23(29)19-6-2-1-3-7-19)13-15-27-24(30)22-8-4-5-14-26-22/h1-12,14,21,28H,13,15-17H2,(H,27,30). The molecule has 3 rings (SSSR count). The second-order valence-electron chi connectivity index (χ2n) is 6.96. The van der Waals surface area contributed by atoms with Crippen molar-refractivity contribution in [3.63, 3.8) is 0 Å². The molecule has 3 aromatic rings. The van der Waals surface area contributed by atoms with Crippen molar-refractivity contribution in [2.45, 2.75) is 18.9 Å². The third-order valence-corrected chi connectivity index (χ3v) is 4.72. The number of halogens is 1. The monoisotopic (exact) mass is 405 g/mol. The summed E-state index contributed by atoms with van der Waals surface area (Å²) in [5.41, 5.74) is 1.96. The summed E-state index contributed by atoms with van der Waals surface area (Å²) in [4.78, 5) is 28.6. The van der Waals surface area contributed by atoms with Crippen LogP contribution in [0.25, 0.3) is 0 Å². The van der Waals surface area contributed by atoms with Gasteiger partial charge < -0.3 is 10.6 Å². The molecule has 1 unspecified atom stereocenters. The van der Waals surface area contributed by atoms with E-state index >= 15 is 0 Å². The minimum Gasteiger partial charge on any atom is -0.351 e. The Morgan fingerprint density at radius 2 is 1.67 bits per heavy atom. The maximum absolute atomic E-state index is 13.2. The fourth-order valence-electron chi connectivity index (χ4n) is 3.09. The van der Waals surface area contributed by atoms with Gasteiger partial charge in [-0.3, -0.25) is 14.6 Å². The van der Waals surface area contributed by atoms with E-state index in [9.17, 15) is 14.0 Å². The van der Waals surface area contributed by atoms with Gasteiger partial charge in [0.05, 0.1) is 6.54 Å². The van der Waals surface area contributed by atoms with E-state index in [2.05, 4.69) is 15.6 Å². The quantitative estimate of drug-likeness (QED) is 0.507. The van der Waals surface area contributed by atoms with Gasteiger partial charge in [-0.15, -0.1) is 0 Å². The first kappa shape index (κ1) is 21.3. The lowest BCUT2D eigenvalue weighted by Crippen LogP contribution is -2.38. The molecule has 5 nitrogen and oxygen atoms in total. The fourth-order valence-corrected chi connectivity index (χ4v) is 3.09. The smallest absolute Gasteiger partial charge is 0.269 e. The number of nitrogens with one attached hydrogen (secondary N) is 2. The van der Waals surface area contributed by atoms with Gasteiger partial charge in [0.2, 0.25) is 0 Å². The fraction of sp³-hybridized carbons (Fsp3) is 0.208. The van der Waals surface area contributed by atoms with Crippen molar-refractivity contribution in [1.29, 1.82) is 0 Å². The number of ketones is 1. The first-order valence-electron chi connectivity index (χ1n) is 9.87. The molecule has 0 aliphatic heterocycles. The van der Waals surface area contributed by atoms with E-state index in [0.29, 0.717) is 30.6 Å². The van der Waals surface area contributed by atoms with Gasteiger partial charge >= 0.3 is 0 Å². The van der Waals surface area contributed by atoms with Crippen LogP contribution in [-0.4, -0.2) is 35.8 Å². The molecule has 1 aromatic heterocycles. The summed E-state index contributed by atoms with van der Waals surface area (Å²) in [6, 6.07) is 20.5. The molecule has 0 bridgehead atoms. The van der Waals surface area contributed by atoms with Crippen molar-refractivity contribution in [1.82, 2.24) is 15.6 Å². The molecule has 0 saturated heterocycles. The Morgan fingerprint density at radius 1 is 0.933 bits per heavy atom. The molecule has 0 fully saturated rings. The van der Waals surface area contributed by atoms with Gasteiger partial charge in [0, 0.05) is 24.3 Å². The van der Waals surface area contributed by atoms with E-state index in [-0.39, 0.29) is 30.1 Å². The van der Waals surface area contributed by atoms with Crippen molar-refractivity contribution in [3.05, 3.63) is 102 Å². The summed E-state index contributed by atoms with van der Waals surface area (Å²) in [6.07, 6.45) is 2.79. The first-order chi connectivity index (χ1) is 14.6. The number of aromatic nitrogens is 1. The number of amides is 1. The number of carbonyl (C=O) groups is 2. The summed E-state index contributed by atoms with van der Waals surface area (Å²) >= 11 is 0. The predicted octanol–water partition coefficient (Wildman–Crippen LogP) is 3.42. The molecule has 30 heavy (non-hydrogen) atoms. The molecule has 2 aromatic carbocycles. The molecular formula is C24H24FN3O2. The Morgan fingerprint density at radius 3 is 2.37 bits per heavy atom. The summed E-state index contributed by atoms with van der Waals surface area (Å²) in [7, 11) is 0. The molecule has 0 aliphatic carbocycles. The minimum absolute atomic E-state index is 0.00257. The van der Waals surface area contributed by atoms with Crippen molar-refractivity contribution in [3.8, 4) is 0 Å². The molecule has 2 N–H and O–H groups in total. The lowest BCUT2D eigenvalue weighted by molar-refractivity contribution is 0.0942. The molecule has 1 heterocycles. The van der Waals surface area contributed by atoms with Gasteiger partial charge in [0.1, 0.15) is 11.5 Å². The Labute approximate surface area is 175 Å². The van der Waals surface area contributed by atoms with Crippen molar-refractivity contribution in [2.24, 2.45) is 0 Å². The molecule has 1 atom stereocenters. The number of pyridine rings is 1. The molecule has 154 valence electrons. The SMILES string of the molecule is O=C(CNC(CCNC(=O)c1ccccn1)Cc1ccc(F)cc1)c1ccccc1. The van der Waals surface area contributed by atoms with Gasteiger partial charge in [-0.25, -0.2) is 4.39 Å². The Bertz CT molecular complexity index is 947. The van der Waals surface area contributed by atoms with Crippen LogP contribution in [-0.2, 0) is 6.42 Å². The van der Waals surface area contributed by atoms with E-state index < -0.39 is 0 Å². The maximum atomic E-state index is 13.2. The summed E-state index contributed by atoms with van der Waals surface area (Å²) < 4.78 is 13.2. The topological polar surface area (TPSA) is 71.1 Å². The van der Waals surface area contributed by atoms with Crippen molar-refractivity contribution >= 4 is 11.7 Å². The third-order valence-electron chi connectivity index (χ3n) is 4.72. The molecule has 1 amide bonds. The normalized spacial score (nSPS) is 11.6. The average molecular weight is 405 g/mol. The highest BCUT2D eigenvalue weighted by atomic mass is 19.1. The number of nitrogens with zero attached hydrogens (tertiary/aromatic N) is 1. The largest absolute Gasteiger partial charge is 0.351 e. The number of Topliss-reactive ketones (excluding diaryl/α,β-unsaturated/α-hetero) is 1. The summed E-state index contributed by atoms with van der Waals surface area (Å²) in [6.45, 7) is 0.609. The highest BCUT2D eigenvalue weighted by Crippen LogP contribution is 2.09. The lowest BCUT2D eigenvalue weighted by atomic mass is 10.0. The summed E-state index contributed by atoms with van der Waals surface area (Å²) in [5.74, 6) is -0.529. The van der Waals surface area contributed by atoms with Crippen LogP contribution in [0.4, 0.5) is 4.39 Å². The van der Waals surface area contributed by atoms with Crippen LogP contribution < -0.4 is 10.6 Å². The van der Waals surface area contributed by atoms with Crippen LogP contribution >= 0.6 is 0 Å². The molecule has 0 spiro atoms. The van der Waals surface area contributed by atoms with Gasteiger partial charge in [-0.05, 0) is 42.7 Å². The van der Waals surface area contributed by atoms with Gasteiger partial charge in [0.25, 0.3) is 5.91 Å². The van der Waals surface area contributed by atoms with E-state index in [1.165, 1.54) is 12.1 Å². The third kappa shape index (κ3) is 6.60. The lowest BCUT2D eigenvalue weighted by Gasteiger charge is -2.19. The average Bonchev–Trinajstić information content (AvgIpc) is 2.79. The highest BCUT2D eigenvalue weighted by molar-refractivity contribution is 5.97. The van der Waals surface area contributed by atoms with Gasteiger partial charge in [-0.1, -0.05) is 48.5 Å². The number of hydrogen-bond donors (Lipinski definition) is 2. The zero-order chi connectivity index (χ0) is 21.2. The number of benzene rings is 2. The van der Waals surface area contributed by atoms with E-state index in [1.54, 1.807) is 48.7 Å². The van der Waals surface area contributed by atoms with Crippen molar-refractivity contribution < 1.29 is 14.0 Å². The highest BCUT2D eigenvalue weighted by Gasteiger charge is 2.14. The second kappa shape index (κ2) is 11.0. The van der Waals surface area contributed by atoms with E-state index in [1.807, 2.05) is 18.2 Å². The van der Waals surface area contributed by atoms with Crippen molar-refractivity contribution in [2.75, 3.05) is 13.1 Å². The molecule has 0 aliphatic rings. The van der Waals surface area contributed by atoms with Crippen LogP contribution in [0.5, 0.6) is 0 Å². The van der Waals surface area contributed by atoms with Crippen LogP contribution in [0.1, 0.15) is 32.8 Å². The molecule has 6 heteroatoms. The molecular weight excluding hydrogens is 381 g/mol. The van der Waals surface area contributed by atoms with Gasteiger partial charge in [-0.2, -0.15) is 0 Å². The first-order valence-corrected chi connectivity index (χ1v) is 9.87. The molecule has 0 radical (unpaired) electrons. The predicted molar refractivity (Wildman–Crippen MR) is 114 cm³/mol. The minimum atomic E-state index is -0.287.